The van der Waals surface area contributed by atoms with Crippen LogP contribution in [0.1, 0.15) is 21.6 Å². The van der Waals surface area contributed by atoms with E-state index in [9.17, 15) is 9.59 Å². The number of carbonyl (C=O) groups excluding carboxylic acids is 1. The van der Waals surface area contributed by atoms with Crippen LogP contribution in [-0.2, 0) is 13.1 Å². The smallest absolute Gasteiger partial charge is 0.274 e. The Bertz CT molecular complexity index is 1240. The van der Waals surface area contributed by atoms with Crippen molar-refractivity contribution in [2.24, 2.45) is 0 Å². The number of pyridine rings is 1. The van der Waals surface area contributed by atoms with Crippen LogP contribution in [0.5, 0.6) is 0 Å². The molecule has 4 aromatic rings. The molecule has 0 aliphatic carbocycles. The molecule has 1 amide bonds. The molecule has 2 aromatic carbocycles. The van der Waals surface area contributed by atoms with E-state index in [0.717, 1.165) is 5.56 Å². The van der Waals surface area contributed by atoms with Crippen molar-refractivity contribution in [3.05, 3.63) is 105 Å². The van der Waals surface area contributed by atoms with E-state index < -0.39 is 0 Å². The number of aromatic nitrogens is 3. The van der Waals surface area contributed by atoms with Crippen molar-refractivity contribution >= 4 is 28.3 Å². The number of rotatable bonds is 5. The summed E-state index contributed by atoms with van der Waals surface area (Å²) in [5.41, 5.74) is 1.67. The minimum atomic E-state index is -0.300. The summed E-state index contributed by atoms with van der Waals surface area (Å²) in [5.74, 6) is -0.300. The van der Waals surface area contributed by atoms with Gasteiger partial charge < -0.3 is 5.32 Å². The van der Waals surface area contributed by atoms with Crippen LogP contribution in [0.2, 0.25) is 5.02 Å². The first kappa shape index (κ1) is 18.8. The maximum atomic E-state index is 12.9. The average Bonchev–Trinajstić information content (AvgIpc) is 2.76. The van der Waals surface area contributed by atoms with Crippen LogP contribution in [0, 0.1) is 0 Å². The van der Waals surface area contributed by atoms with Gasteiger partial charge in [-0.15, -0.1) is 0 Å². The van der Waals surface area contributed by atoms with Gasteiger partial charge in [0.15, 0.2) is 0 Å². The molecule has 0 fully saturated rings. The molecule has 0 atom stereocenters. The van der Waals surface area contributed by atoms with E-state index in [1.165, 1.54) is 4.68 Å². The number of hydrogen-bond donors (Lipinski definition) is 1. The zero-order valence-corrected chi connectivity index (χ0v) is 16.1. The molecule has 0 radical (unpaired) electrons. The van der Waals surface area contributed by atoms with Crippen molar-refractivity contribution in [2.45, 2.75) is 13.1 Å². The van der Waals surface area contributed by atoms with E-state index in [0.29, 0.717) is 33.6 Å². The van der Waals surface area contributed by atoms with Gasteiger partial charge in [0, 0.05) is 17.8 Å². The van der Waals surface area contributed by atoms with Crippen LogP contribution >= 0.6 is 11.6 Å². The first-order valence-electron chi connectivity index (χ1n) is 9.04. The summed E-state index contributed by atoms with van der Waals surface area (Å²) in [7, 11) is 0. The van der Waals surface area contributed by atoms with Crippen LogP contribution in [-0.4, -0.2) is 20.7 Å². The van der Waals surface area contributed by atoms with Crippen LogP contribution in [0.4, 0.5) is 0 Å². The zero-order chi connectivity index (χ0) is 20.2. The second-order valence-electron chi connectivity index (χ2n) is 6.48. The number of fused-ring (bicyclic) bond motifs is 1. The lowest BCUT2D eigenvalue weighted by atomic mass is 10.1. The lowest BCUT2D eigenvalue weighted by Gasteiger charge is -2.12. The van der Waals surface area contributed by atoms with Gasteiger partial charge in [0.1, 0.15) is 0 Å². The van der Waals surface area contributed by atoms with Gasteiger partial charge in [-0.1, -0.05) is 48.0 Å². The molecule has 0 aliphatic rings. The number of amides is 1. The number of nitrogens with one attached hydrogen (secondary N) is 1. The van der Waals surface area contributed by atoms with Crippen molar-refractivity contribution in [1.82, 2.24) is 20.1 Å². The summed E-state index contributed by atoms with van der Waals surface area (Å²) in [6, 6.07) is 17.8. The third-order valence-corrected chi connectivity index (χ3v) is 4.86. The highest BCUT2D eigenvalue weighted by Gasteiger charge is 2.14. The molecule has 1 N–H and O–H groups in total. The van der Waals surface area contributed by atoms with Crippen LogP contribution in [0.3, 0.4) is 0 Å². The van der Waals surface area contributed by atoms with E-state index in [2.05, 4.69) is 15.4 Å². The lowest BCUT2D eigenvalue weighted by molar-refractivity contribution is 0.0950. The fourth-order valence-electron chi connectivity index (χ4n) is 3.11. The summed E-state index contributed by atoms with van der Waals surface area (Å²) in [6.07, 6.45) is 3.37. The molecular weight excluding hydrogens is 388 g/mol. The normalized spacial score (nSPS) is 10.8. The largest absolute Gasteiger partial charge is 0.346 e. The maximum Gasteiger partial charge on any atom is 0.274 e. The van der Waals surface area contributed by atoms with Crippen molar-refractivity contribution in [2.75, 3.05) is 0 Å². The van der Waals surface area contributed by atoms with Gasteiger partial charge in [-0.2, -0.15) is 5.10 Å². The van der Waals surface area contributed by atoms with Crippen molar-refractivity contribution in [3.8, 4) is 0 Å². The third kappa shape index (κ3) is 4.02. The zero-order valence-electron chi connectivity index (χ0n) is 15.4. The molecule has 7 heteroatoms. The Morgan fingerprint density at radius 2 is 1.76 bits per heavy atom. The summed E-state index contributed by atoms with van der Waals surface area (Å²) in [6.45, 7) is 0.459. The molecule has 0 unspecified atom stereocenters. The quantitative estimate of drug-likeness (QED) is 0.553. The second kappa shape index (κ2) is 8.24. The third-order valence-electron chi connectivity index (χ3n) is 4.53. The fraction of sp³-hybridized carbons (Fsp3) is 0.0909. The standard InChI is InChI=1S/C22H17ClN4O2/c23-19-10-4-3-9-18(19)21(28)25-13-20-16-7-1-2-8-17(16)22(29)27(26-20)14-15-6-5-11-24-12-15/h1-12H,13-14H2,(H,25,28). The Hall–Kier alpha value is -3.51. The summed E-state index contributed by atoms with van der Waals surface area (Å²) >= 11 is 6.10. The maximum absolute atomic E-state index is 12.9. The predicted molar refractivity (Wildman–Crippen MR) is 112 cm³/mol. The van der Waals surface area contributed by atoms with Gasteiger partial charge in [-0.3, -0.25) is 14.6 Å². The number of carbonyl (C=O) groups is 1. The highest BCUT2D eigenvalue weighted by Crippen LogP contribution is 2.16. The Balaban J connectivity index is 1.68. The van der Waals surface area contributed by atoms with Crippen molar-refractivity contribution in [1.29, 1.82) is 0 Å². The van der Waals surface area contributed by atoms with Gasteiger partial charge in [0.05, 0.1) is 34.8 Å². The Morgan fingerprint density at radius 1 is 1.00 bits per heavy atom. The Kier molecular flexibility index (Phi) is 5.35. The van der Waals surface area contributed by atoms with Gasteiger partial charge in [-0.05, 0) is 29.8 Å². The topological polar surface area (TPSA) is 76.9 Å². The van der Waals surface area contributed by atoms with Crippen LogP contribution in [0.15, 0.2) is 77.9 Å². The fourth-order valence-corrected chi connectivity index (χ4v) is 3.33. The summed E-state index contributed by atoms with van der Waals surface area (Å²) in [4.78, 5) is 29.5. The van der Waals surface area contributed by atoms with Crippen molar-refractivity contribution < 1.29 is 4.79 Å². The molecule has 0 bridgehead atoms. The van der Waals surface area contributed by atoms with E-state index in [4.69, 9.17) is 11.6 Å². The van der Waals surface area contributed by atoms with Gasteiger partial charge in [0.2, 0.25) is 0 Å². The van der Waals surface area contributed by atoms with Gasteiger partial charge in [0.25, 0.3) is 11.5 Å². The lowest BCUT2D eigenvalue weighted by Crippen LogP contribution is -2.29. The van der Waals surface area contributed by atoms with Crippen molar-refractivity contribution in [3.63, 3.8) is 0 Å². The molecule has 6 nitrogen and oxygen atoms in total. The minimum Gasteiger partial charge on any atom is -0.346 e. The molecule has 0 spiro atoms. The molecule has 0 saturated heterocycles. The number of benzene rings is 2. The number of nitrogens with zero attached hydrogens (tertiary/aromatic N) is 3. The van der Waals surface area contributed by atoms with E-state index in [-0.39, 0.29) is 18.0 Å². The van der Waals surface area contributed by atoms with Gasteiger partial charge in [-0.25, -0.2) is 4.68 Å². The van der Waals surface area contributed by atoms with Crippen LogP contribution in [0.25, 0.3) is 10.8 Å². The highest BCUT2D eigenvalue weighted by molar-refractivity contribution is 6.33. The SMILES string of the molecule is O=C(NCc1nn(Cc2cccnc2)c(=O)c2ccccc12)c1ccccc1Cl. The molecule has 4 rings (SSSR count). The first-order valence-corrected chi connectivity index (χ1v) is 9.41. The van der Waals surface area contributed by atoms with E-state index in [1.54, 1.807) is 42.7 Å². The van der Waals surface area contributed by atoms with Gasteiger partial charge >= 0.3 is 0 Å². The van der Waals surface area contributed by atoms with E-state index in [1.807, 2.05) is 30.3 Å². The Labute approximate surface area is 171 Å². The highest BCUT2D eigenvalue weighted by atomic mass is 35.5. The predicted octanol–water partition coefficient (Wildman–Crippen LogP) is 3.42. The molecule has 2 aromatic heterocycles. The first-order chi connectivity index (χ1) is 14.1. The summed E-state index contributed by atoms with van der Waals surface area (Å²) < 4.78 is 1.40. The Morgan fingerprint density at radius 3 is 2.52 bits per heavy atom. The molecule has 144 valence electrons. The minimum absolute atomic E-state index is 0.165. The molecule has 2 heterocycles. The molecule has 0 aliphatic heterocycles. The number of hydrogen-bond acceptors (Lipinski definition) is 4. The number of halogens is 1. The monoisotopic (exact) mass is 404 g/mol. The molecule has 0 saturated carbocycles. The summed E-state index contributed by atoms with van der Waals surface area (Å²) in [5, 5.41) is 8.99. The average molecular weight is 405 g/mol. The van der Waals surface area contributed by atoms with Crippen LogP contribution < -0.4 is 10.9 Å². The second-order valence-corrected chi connectivity index (χ2v) is 6.89. The van der Waals surface area contributed by atoms with E-state index >= 15 is 0 Å². The molecule has 29 heavy (non-hydrogen) atoms. The molecular formula is C22H17ClN4O2.